The molecular formula is C18H20N6O5. The second kappa shape index (κ2) is 8.00. The second-order valence-electron chi connectivity index (χ2n) is 6.22. The summed E-state index contributed by atoms with van der Waals surface area (Å²) in [4.78, 5) is 23.2. The van der Waals surface area contributed by atoms with Gasteiger partial charge < -0.3 is 14.8 Å². The number of aryl methyl sites for hydroxylation is 1. The molecule has 29 heavy (non-hydrogen) atoms. The van der Waals surface area contributed by atoms with E-state index in [-0.39, 0.29) is 11.6 Å². The fraction of sp³-hybridized carbons (Fsp3) is 0.278. The number of ether oxygens (including phenoxy) is 2. The lowest BCUT2D eigenvalue weighted by Gasteiger charge is -2.08. The van der Waals surface area contributed by atoms with Gasteiger partial charge in [-0.1, -0.05) is 12.1 Å². The van der Waals surface area contributed by atoms with E-state index in [0.717, 1.165) is 11.3 Å². The summed E-state index contributed by atoms with van der Waals surface area (Å²) in [6.45, 7) is 4.02. The van der Waals surface area contributed by atoms with Crippen molar-refractivity contribution in [3.63, 3.8) is 0 Å². The number of hydrogen-bond donors (Lipinski definition) is 2. The molecule has 3 rings (SSSR count). The summed E-state index contributed by atoms with van der Waals surface area (Å²) in [6.07, 6.45) is 0. The van der Waals surface area contributed by atoms with Gasteiger partial charge in [0.15, 0.2) is 0 Å². The van der Waals surface area contributed by atoms with Crippen LogP contribution in [-0.2, 0) is 6.54 Å². The maximum atomic E-state index is 12.6. The monoisotopic (exact) mass is 400 g/mol. The topological polar surface area (TPSA) is 137 Å². The third kappa shape index (κ3) is 3.88. The van der Waals surface area contributed by atoms with E-state index in [1.807, 2.05) is 24.3 Å². The summed E-state index contributed by atoms with van der Waals surface area (Å²) in [6, 6.07) is 7.57. The molecule has 2 N–H and O–H groups in total. The zero-order valence-electron chi connectivity index (χ0n) is 16.3. The highest BCUT2D eigenvalue weighted by Crippen LogP contribution is 2.29. The van der Waals surface area contributed by atoms with E-state index < -0.39 is 16.5 Å². The molecule has 0 aliphatic rings. The lowest BCUT2D eigenvalue weighted by molar-refractivity contribution is -0.386. The number of H-pyrrole nitrogens is 1. The first-order valence-corrected chi connectivity index (χ1v) is 8.60. The van der Waals surface area contributed by atoms with E-state index in [4.69, 9.17) is 9.47 Å². The van der Waals surface area contributed by atoms with Crippen LogP contribution in [0.15, 0.2) is 24.3 Å². The third-order valence-electron chi connectivity index (χ3n) is 4.40. The van der Waals surface area contributed by atoms with Crippen LogP contribution in [0.25, 0.3) is 0 Å². The van der Waals surface area contributed by atoms with Crippen LogP contribution >= 0.6 is 0 Å². The molecule has 0 bridgehead atoms. The molecule has 11 nitrogen and oxygen atoms in total. The summed E-state index contributed by atoms with van der Waals surface area (Å²) in [7, 11) is 2.83. The van der Waals surface area contributed by atoms with Gasteiger partial charge in [0.1, 0.15) is 5.75 Å². The van der Waals surface area contributed by atoms with Crippen LogP contribution in [0.3, 0.4) is 0 Å². The number of rotatable bonds is 7. The minimum atomic E-state index is -0.719. The quantitative estimate of drug-likeness (QED) is 0.459. The average molecular weight is 400 g/mol. The molecular weight excluding hydrogens is 380 g/mol. The van der Waals surface area contributed by atoms with E-state index in [1.54, 1.807) is 25.6 Å². The number of nitrogens with one attached hydrogen (secondary N) is 2. The molecule has 0 radical (unpaired) electrons. The minimum Gasteiger partial charge on any atom is -0.497 e. The molecule has 0 unspecified atom stereocenters. The lowest BCUT2D eigenvalue weighted by atomic mass is 10.2. The van der Waals surface area contributed by atoms with Crippen molar-refractivity contribution in [2.45, 2.75) is 20.4 Å². The first-order chi connectivity index (χ1) is 13.8. The van der Waals surface area contributed by atoms with Gasteiger partial charge in [0.2, 0.25) is 5.69 Å². The summed E-state index contributed by atoms with van der Waals surface area (Å²) in [5, 5.41) is 24.4. The second-order valence-corrected chi connectivity index (χ2v) is 6.22. The molecule has 0 saturated carbocycles. The van der Waals surface area contributed by atoms with Gasteiger partial charge in [0.05, 0.1) is 42.8 Å². The van der Waals surface area contributed by atoms with Crippen molar-refractivity contribution in [3.8, 4) is 11.6 Å². The minimum absolute atomic E-state index is 0.262. The van der Waals surface area contributed by atoms with Crippen molar-refractivity contribution in [1.82, 2.24) is 20.0 Å². The number of benzene rings is 1. The molecule has 1 aromatic carbocycles. The molecule has 2 heterocycles. The van der Waals surface area contributed by atoms with Crippen molar-refractivity contribution in [2.75, 3.05) is 19.5 Å². The number of amides is 1. The zero-order chi connectivity index (χ0) is 21.1. The number of methoxy groups -OCH3 is 2. The van der Waals surface area contributed by atoms with Crippen LogP contribution in [0.1, 0.15) is 27.4 Å². The fourth-order valence-corrected chi connectivity index (χ4v) is 2.94. The first-order valence-electron chi connectivity index (χ1n) is 8.60. The zero-order valence-corrected chi connectivity index (χ0v) is 16.3. The Bertz CT molecular complexity index is 1070. The Balaban J connectivity index is 1.86. The number of anilines is 1. The molecule has 1 amide bonds. The number of nitrogens with zero attached hydrogens (tertiary/aromatic N) is 4. The van der Waals surface area contributed by atoms with Crippen LogP contribution in [0.5, 0.6) is 11.6 Å². The van der Waals surface area contributed by atoms with E-state index in [1.165, 1.54) is 7.11 Å². The van der Waals surface area contributed by atoms with Crippen LogP contribution in [0.2, 0.25) is 0 Å². The smallest absolute Gasteiger partial charge is 0.362 e. The average Bonchev–Trinajstić information content (AvgIpc) is 3.25. The molecule has 0 aliphatic heterocycles. The van der Waals surface area contributed by atoms with Gasteiger partial charge >= 0.3 is 11.6 Å². The fourth-order valence-electron chi connectivity index (χ4n) is 2.94. The molecule has 3 aromatic rings. The van der Waals surface area contributed by atoms with Crippen LogP contribution < -0.4 is 14.8 Å². The molecule has 0 atom stereocenters. The molecule has 2 aromatic heterocycles. The highest BCUT2D eigenvalue weighted by molar-refractivity contribution is 6.06. The Morgan fingerprint density at radius 1 is 1.31 bits per heavy atom. The van der Waals surface area contributed by atoms with E-state index in [0.29, 0.717) is 23.6 Å². The largest absolute Gasteiger partial charge is 0.497 e. The number of nitro groups is 1. The predicted octanol–water partition coefficient (Wildman–Crippen LogP) is 2.45. The Morgan fingerprint density at radius 3 is 2.72 bits per heavy atom. The number of carbonyl (C=O) groups is 1. The van der Waals surface area contributed by atoms with Gasteiger partial charge in [0.25, 0.3) is 5.91 Å². The number of hydrogen-bond acceptors (Lipinski definition) is 7. The number of carbonyl (C=O) groups excluding carboxylic acids is 1. The van der Waals surface area contributed by atoms with Gasteiger partial charge in [0, 0.05) is 0 Å². The van der Waals surface area contributed by atoms with Crippen molar-refractivity contribution >= 4 is 17.3 Å². The van der Waals surface area contributed by atoms with Crippen molar-refractivity contribution in [2.24, 2.45) is 0 Å². The van der Waals surface area contributed by atoms with Crippen molar-refractivity contribution < 1.29 is 19.2 Å². The lowest BCUT2D eigenvalue weighted by Crippen LogP contribution is -2.15. The molecule has 152 valence electrons. The van der Waals surface area contributed by atoms with Crippen molar-refractivity contribution in [3.05, 3.63) is 57.0 Å². The van der Waals surface area contributed by atoms with Gasteiger partial charge in [-0.2, -0.15) is 5.10 Å². The van der Waals surface area contributed by atoms with Crippen LogP contribution in [0.4, 0.5) is 11.4 Å². The van der Waals surface area contributed by atoms with Crippen molar-refractivity contribution in [1.29, 1.82) is 0 Å². The molecule has 11 heteroatoms. The van der Waals surface area contributed by atoms with Crippen LogP contribution in [-0.4, -0.2) is 45.0 Å². The predicted molar refractivity (Wildman–Crippen MR) is 104 cm³/mol. The molecule has 0 saturated heterocycles. The highest BCUT2D eigenvalue weighted by Gasteiger charge is 2.31. The maximum absolute atomic E-state index is 12.6. The standard InChI is InChI=1S/C18H20N6O5/c1-10-14(19-17(25)15-16(24(26)27)18(29-4)21-20-15)11(2)23(22-10)9-12-6-5-7-13(8-12)28-3/h5-8H,9H2,1-4H3,(H,19,25)(H,20,21). The van der Waals surface area contributed by atoms with Crippen LogP contribution in [0, 0.1) is 24.0 Å². The molecule has 0 spiro atoms. The Morgan fingerprint density at radius 2 is 2.07 bits per heavy atom. The number of aromatic nitrogens is 4. The summed E-state index contributed by atoms with van der Waals surface area (Å²) >= 11 is 0. The Kier molecular flexibility index (Phi) is 5.48. The van der Waals surface area contributed by atoms with E-state index in [9.17, 15) is 14.9 Å². The highest BCUT2D eigenvalue weighted by atomic mass is 16.6. The summed E-state index contributed by atoms with van der Waals surface area (Å²) in [5.74, 6) is -0.236. The summed E-state index contributed by atoms with van der Waals surface area (Å²) in [5.41, 5.74) is 1.90. The normalized spacial score (nSPS) is 10.6. The Labute approximate surface area is 165 Å². The molecule has 0 aliphatic carbocycles. The van der Waals surface area contributed by atoms with Gasteiger partial charge in [-0.3, -0.25) is 24.7 Å². The third-order valence-corrected chi connectivity index (χ3v) is 4.40. The van der Waals surface area contributed by atoms with E-state index in [2.05, 4.69) is 20.6 Å². The summed E-state index contributed by atoms with van der Waals surface area (Å²) < 4.78 is 11.8. The SMILES string of the molecule is COc1cccc(Cn2nc(C)c(NC(=O)c3[nH]nc(OC)c3[N+](=O)[O-])c2C)c1. The van der Waals surface area contributed by atoms with Gasteiger partial charge in [-0.05, 0) is 31.5 Å². The first kappa shape index (κ1) is 19.9. The number of aromatic amines is 1. The Hall–Kier alpha value is -3.89. The molecule has 0 fully saturated rings. The van der Waals surface area contributed by atoms with Gasteiger partial charge in [-0.25, -0.2) is 0 Å². The maximum Gasteiger partial charge on any atom is 0.362 e. The van der Waals surface area contributed by atoms with Gasteiger partial charge in [-0.15, -0.1) is 5.10 Å². The van der Waals surface area contributed by atoms with E-state index >= 15 is 0 Å².